The molecule has 0 saturated carbocycles. The fourth-order valence-corrected chi connectivity index (χ4v) is 2.96. The number of benzene rings is 1. The summed E-state index contributed by atoms with van der Waals surface area (Å²) in [6, 6.07) is 10.2. The van der Waals surface area contributed by atoms with Gasteiger partial charge >= 0.3 is 0 Å². The van der Waals surface area contributed by atoms with Crippen LogP contribution in [0.2, 0.25) is 0 Å². The molecule has 1 unspecified atom stereocenters. The maximum Gasteiger partial charge on any atom is 0.0869 e. The van der Waals surface area contributed by atoms with Crippen molar-refractivity contribution < 1.29 is 10.2 Å². The minimum atomic E-state index is -0.754. The molecular formula is C16H25NO2. The SMILES string of the molecule is CC(O)(CCCN1CCC[C@H]1CO)c1ccccc1. The molecule has 0 aliphatic carbocycles. The molecule has 2 rings (SSSR count). The van der Waals surface area contributed by atoms with Crippen molar-refractivity contribution in [1.82, 2.24) is 4.90 Å². The van der Waals surface area contributed by atoms with Gasteiger partial charge in [-0.05, 0) is 51.3 Å². The van der Waals surface area contributed by atoms with Crippen LogP contribution in [0, 0.1) is 0 Å². The zero-order valence-electron chi connectivity index (χ0n) is 11.8. The number of aliphatic hydroxyl groups is 2. The van der Waals surface area contributed by atoms with Crippen molar-refractivity contribution in [3.8, 4) is 0 Å². The lowest BCUT2D eigenvalue weighted by Gasteiger charge is -2.27. The fourth-order valence-electron chi connectivity index (χ4n) is 2.96. The zero-order valence-corrected chi connectivity index (χ0v) is 11.8. The zero-order chi connectivity index (χ0) is 13.7. The summed E-state index contributed by atoms with van der Waals surface area (Å²) in [5.41, 5.74) is 0.227. The van der Waals surface area contributed by atoms with Crippen LogP contribution in [0.25, 0.3) is 0 Å². The van der Waals surface area contributed by atoms with Gasteiger partial charge in [0, 0.05) is 6.04 Å². The van der Waals surface area contributed by atoms with Gasteiger partial charge in [-0.2, -0.15) is 0 Å². The van der Waals surface area contributed by atoms with Gasteiger partial charge in [-0.3, -0.25) is 4.90 Å². The van der Waals surface area contributed by atoms with Crippen molar-refractivity contribution in [1.29, 1.82) is 0 Å². The molecular weight excluding hydrogens is 238 g/mol. The summed E-state index contributed by atoms with van der Waals surface area (Å²) in [5, 5.41) is 19.8. The lowest BCUT2D eigenvalue weighted by atomic mass is 9.91. The van der Waals surface area contributed by atoms with Crippen molar-refractivity contribution >= 4 is 0 Å². The van der Waals surface area contributed by atoms with Crippen LogP contribution in [0.4, 0.5) is 0 Å². The summed E-state index contributed by atoms with van der Waals surface area (Å²) in [6.07, 6.45) is 4.00. The summed E-state index contributed by atoms with van der Waals surface area (Å²) < 4.78 is 0. The molecule has 1 fully saturated rings. The van der Waals surface area contributed by atoms with E-state index < -0.39 is 5.60 Å². The van der Waals surface area contributed by atoms with Crippen LogP contribution in [-0.2, 0) is 5.60 Å². The Morgan fingerprint density at radius 3 is 2.74 bits per heavy atom. The molecule has 0 aromatic heterocycles. The van der Waals surface area contributed by atoms with Crippen LogP contribution in [-0.4, -0.2) is 40.9 Å². The van der Waals surface area contributed by atoms with Gasteiger partial charge < -0.3 is 10.2 Å². The van der Waals surface area contributed by atoms with Gasteiger partial charge in [0.25, 0.3) is 0 Å². The first kappa shape index (κ1) is 14.5. The molecule has 0 spiro atoms. The Labute approximate surface area is 115 Å². The molecule has 1 aliphatic heterocycles. The third-order valence-corrected chi connectivity index (χ3v) is 4.21. The minimum absolute atomic E-state index is 0.259. The fraction of sp³-hybridized carbons (Fsp3) is 0.625. The van der Waals surface area contributed by atoms with Gasteiger partial charge in [0.05, 0.1) is 12.2 Å². The summed E-state index contributed by atoms with van der Waals surface area (Å²) >= 11 is 0. The Morgan fingerprint density at radius 2 is 2.05 bits per heavy atom. The number of rotatable bonds is 6. The highest BCUT2D eigenvalue weighted by Gasteiger charge is 2.26. The van der Waals surface area contributed by atoms with E-state index in [2.05, 4.69) is 4.90 Å². The van der Waals surface area contributed by atoms with Crippen LogP contribution in [0.3, 0.4) is 0 Å². The molecule has 1 aromatic rings. The summed E-state index contributed by atoms with van der Waals surface area (Å²) in [6.45, 7) is 4.19. The standard InChI is InChI=1S/C16H25NO2/c1-16(19,14-7-3-2-4-8-14)10-6-12-17-11-5-9-15(17)13-18/h2-4,7-8,15,18-19H,5-6,9-13H2,1H3/t15-,16?/m0/s1. The molecule has 0 amide bonds. The van der Waals surface area contributed by atoms with Crippen molar-refractivity contribution in [2.75, 3.05) is 19.7 Å². The third-order valence-electron chi connectivity index (χ3n) is 4.21. The second-order valence-electron chi connectivity index (χ2n) is 5.76. The van der Waals surface area contributed by atoms with Gasteiger partial charge in [-0.1, -0.05) is 30.3 Å². The van der Waals surface area contributed by atoms with Gasteiger partial charge in [0.15, 0.2) is 0 Å². The Hall–Kier alpha value is -0.900. The molecule has 2 N–H and O–H groups in total. The number of hydrogen-bond acceptors (Lipinski definition) is 3. The van der Waals surface area contributed by atoms with E-state index in [0.29, 0.717) is 6.04 Å². The monoisotopic (exact) mass is 263 g/mol. The summed E-state index contributed by atoms with van der Waals surface area (Å²) in [7, 11) is 0. The summed E-state index contributed by atoms with van der Waals surface area (Å²) in [4.78, 5) is 2.35. The van der Waals surface area contributed by atoms with E-state index in [9.17, 15) is 10.2 Å². The van der Waals surface area contributed by atoms with E-state index in [1.165, 1.54) is 6.42 Å². The first-order valence-corrected chi connectivity index (χ1v) is 7.26. The number of nitrogens with zero attached hydrogens (tertiary/aromatic N) is 1. The molecule has 19 heavy (non-hydrogen) atoms. The van der Waals surface area contributed by atoms with Crippen LogP contribution in [0.1, 0.15) is 38.2 Å². The molecule has 1 heterocycles. The van der Waals surface area contributed by atoms with Gasteiger partial charge in [-0.15, -0.1) is 0 Å². The molecule has 0 radical (unpaired) electrons. The second kappa shape index (κ2) is 6.51. The minimum Gasteiger partial charge on any atom is -0.395 e. The highest BCUT2D eigenvalue weighted by atomic mass is 16.3. The summed E-state index contributed by atoms with van der Waals surface area (Å²) in [5.74, 6) is 0. The quantitative estimate of drug-likeness (QED) is 0.826. The lowest BCUT2D eigenvalue weighted by Crippen LogP contribution is -2.34. The van der Waals surface area contributed by atoms with Crippen LogP contribution >= 0.6 is 0 Å². The predicted molar refractivity (Wildman–Crippen MR) is 76.9 cm³/mol. The third kappa shape index (κ3) is 3.78. The van der Waals surface area contributed by atoms with Gasteiger partial charge in [-0.25, -0.2) is 0 Å². The van der Waals surface area contributed by atoms with E-state index in [-0.39, 0.29) is 6.61 Å². The molecule has 2 atom stereocenters. The maximum atomic E-state index is 10.5. The van der Waals surface area contributed by atoms with Crippen molar-refractivity contribution in [2.45, 2.75) is 44.2 Å². The van der Waals surface area contributed by atoms with E-state index in [1.807, 2.05) is 37.3 Å². The molecule has 1 aromatic carbocycles. The van der Waals surface area contributed by atoms with Crippen molar-refractivity contribution in [3.63, 3.8) is 0 Å². The Bertz CT molecular complexity index is 378. The topological polar surface area (TPSA) is 43.7 Å². The lowest BCUT2D eigenvalue weighted by molar-refractivity contribution is 0.0407. The molecule has 1 saturated heterocycles. The molecule has 106 valence electrons. The number of likely N-dealkylation sites (tertiary alicyclic amines) is 1. The van der Waals surface area contributed by atoms with E-state index in [4.69, 9.17) is 0 Å². The average Bonchev–Trinajstić information content (AvgIpc) is 2.87. The van der Waals surface area contributed by atoms with E-state index >= 15 is 0 Å². The van der Waals surface area contributed by atoms with Crippen LogP contribution in [0.15, 0.2) is 30.3 Å². The highest BCUT2D eigenvalue weighted by molar-refractivity contribution is 5.21. The number of hydrogen-bond donors (Lipinski definition) is 2. The first-order chi connectivity index (χ1) is 9.13. The molecule has 0 bridgehead atoms. The normalized spacial score (nSPS) is 23.4. The second-order valence-corrected chi connectivity index (χ2v) is 5.76. The van der Waals surface area contributed by atoms with Crippen molar-refractivity contribution in [2.24, 2.45) is 0 Å². The highest BCUT2D eigenvalue weighted by Crippen LogP contribution is 2.26. The molecule has 1 aliphatic rings. The Morgan fingerprint density at radius 1 is 1.32 bits per heavy atom. The first-order valence-electron chi connectivity index (χ1n) is 7.26. The smallest absolute Gasteiger partial charge is 0.0869 e. The van der Waals surface area contributed by atoms with Gasteiger partial charge in [0.2, 0.25) is 0 Å². The Balaban J connectivity index is 1.82. The van der Waals surface area contributed by atoms with Crippen LogP contribution in [0.5, 0.6) is 0 Å². The molecule has 3 nitrogen and oxygen atoms in total. The van der Waals surface area contributed by atoms with E-state index in [0.717, 1.165) is 37.9 Å². The maximum absolute atomic E-state index is 10.5. The van der Waals surface area contributed by atoms with Crippen molar-refractivity contribution in [3.05, 3.63) is 35.9 Å². The average molecular weight is 263 g/mol. The number of aliphatic hydroxyl groups excluding tert-OH is 1. The van der Waals surface area contributed by atoms with Crippen LogP contribution < -0.4 is 0 Å². The predicted octanol–water partition coefficient (Wildman–Crippen LogP) is 2.13. The largest absolute Gasteiger partial charge is 0.395 e. The van der Waals surface area contributed by atoms with Gasteiger partial charge in [0.1, 0.15) is 0 Å². The Kier molecular flexibility index (Phi) is 4.97. The van der Waals surface area contributed by atoms with E-state index in [1.54, 1.807) is 0 Å². The molecule has 3 heteroatoms.